The van der Waals surface area contributed by atoms with Crippen molar-refractivity contribution < 1.29 is 10.0 Å². The molecule has 0 aliphatic rings. The van der Waals surface area contributed by atoms with Gasteiger partial charge in [-0.05, 0) is 24.5 Å². The van der Waals surface area contributed by atoms with E-state index in [2.05, 4.69) is 24.2 Å². The van der Waals surface area contributed by atoms with Crippen LogP contribution in [0.1, 0.15) is 32.3 Å². The quantitative estimate of drug-likeness (QED) is 0.365. The predicted molar refractivity (Wildman–Crippen MR) is 82.8 cm³/mol. The number of hydrogen-bond donors (Lipinski definition) is 3. The Morgan fingerprint density at radius 2 is 2.10 bits per heavy atom. The van der Waals surface area contributed by atoms with Crippen LogP contribution in [0.2, 0.25) is 0 Å². The number of rotatable bonds is 9. The zero-order valence-corrected chi connectivity index (χ0v) is 12.6. The summed E-state index contributed by atoms with van der Waals surface area (Å²) in [5.74, 6) is 5.48. The number of nitrogens with zero attached hydrogens (tertiary/aromatic N) is 2. The molecule has 0 aliphatic heterocycles. The highest BCUT2D eigenvalue weighted by Gasteiger charge is 2.18. The van der Waals surface area contributed by atoms with Crippen LogP contribution in [0.15, 0.2) is 18.2 Å². The number of hydrogen-bond acceptors (Lipinski definition) is 6. The van der Waals surface area contributed by atoms with E-state index in [0.29, 0.717) is 24.8 Å². The summed E-state index contributed by atoms with van der Waals surface area (Å²) in [5.41, 5.74) is 4.03. The highest BCUT2D eigenvalue weighted by Crippen LogP contribution is 2.24. The van der Waals surface area contributed by atoms with E-state index >= 15 is 0 Å². The topological polar surface area (TPSA) is 105 Å². The average molecular weight is 296 g/mol. The molecule has 1 aromatic rings. The zero-order valence-electron chi connectivity index (χ0n) is 12.6. The predicted octanol–water partition coefficient (Wildman–Crippen LogP) is 1.86. The van der Waals surface area contributed by atoms with Crippen molar-refractivity contribution in [2.24, 2.45) is 5.84 Å². The zero-order chi connectivity index (χ0) is 15.8. The molecule has 0 heterocycles. The van der Waals surface area contributed by atoms with Gasteiger partial charge in [-0.3, -0.25) is 20.9 Å². The van der Waals surface area contributed by atoms with E-state index < -0.39 is 4.92 Å². The Balaban J connectivity index is 3.05. The maximum absolute atomic E-state index is 10.9. The van der Waals surface area contributed by atoms with E-state index in [0.717, 1.165) is 18.4 Å². The van der Waals surface area contributed by atoms with E-state index in [1.807, 2.05) is 0 Å². The van der Waals surface area contributed by atoms with Gasteiger partial charge in [0.1, 0.15) is 0 Å². The minimum atomic E-state index is -0.419. The van der Waals surface area contributed by atoms with Gasteiger partial charge in [0.2, 0.25) is 0 Å². The first kappa shape index (κ1) is 17.4. The lowest BCUT2D eigenvalue weighted by Crippen LogP contribution is -2.36. The summed E-state index contributed by atoms with van der Waals surface area (Å²) < 4.78 is 0. The Kier molecular flexibility index (Phi) is 7.07. The van der Waals surface area contributed by atoms with Crippen LogP contribution in [0, 0.1) is 10.1 Å². The van der Waals surface area contributed by atoms with Crippen molar-refractivity contribution in [3.8, 4) is 0 Å². The van der Waals surface area contributed by atoms with Crippen LogP contribution < -0.4 is 11.3 Å². The van der Waals surface area contributed by atoms with Gasteiger partial charge in [0, 0.05) is 31.3 Å². The highest BCUT2D eigenvalue weighted by molar-refractivity contribution is 5.55. The molecule has 0 amide bonds. The van der Waals surface area contributed by atoms with Crippen molar-refractivity contribution in [3.05, 3.63) is 33.9 Å². The molecular weight excluding hydrogens is 272 g/mol. The number of nitrogens with one attached hydrogen (secondary N) is 1. The third kappa shape index (κ3) is 4.66. The fourth-order valence-corrected chi connectivity index (χ4v) is 2.51. The first-order chi connectivity index (χ1) is 10.1. The number of aliphatic hydroxyl groups excluding tert-OH is 1. The molecule has 7 heteroatoms. The maximum atomic E-state index is 10.9. The molecule has 0 spiro atoms. The van der Waals surface area contributed by atoms with Gasteiger partial charge in [0.25, 0.3) is 5.69 Å². The van der Waals surface area contributed by atoms with Gasteiger partial charge in [-0.1, -0.05) is 13.8 Å². The highest BCUT2D eigenvalue weighted by atomic mass is 16.6. The Morgan fingerprint density at radius 1 is 1.43 bits per heavy atom. The number of hydrazine groups is 1. The number of nitro benzene ring substituents is 1. The lowest BCUT2D eigenvalue weighted by molar-refractivity contribution is -0.384. The lowest BCUT2D eigenvalue weighted by atomic mass is 10.1. The van der Waals surface area contributed by atoms with Crippen LogP contribution >= 0.6 is 0 Å². The van der Waals surface area contributed by atoms with E-state index in [9.17, 15) is 15.2 Å². The maximum Gasteiger partial charge on any atom is 0.269 e. The van der Waals surface area contributed by atoms with Gasteiger partial charge in [-0.15, -0.1) is 0 Å². The second-order valence-electron chi connectivity index (χ2n) is 4.91. The standard InChI is InChI=1S/C14H24N4O3/c1-3-12(4-2)17(7-8-19)10-11-9-13(18(20)21)5-6-14(11)16-15/h5-6,9,12,16,19H,3-4,7-8,10,15H2,1-2H3. The SMILES string of the molecule is CCC(CC)N(CCO)Cc1cc([N+](=O)[O-])ccc1NN. The summed E-state index contributed by atoms with van der Waals surface area (Å²) in [4.78, 5) is 12.6. The molecule has 0 aromatic heterocycles. The summed E-state index contributed by atoms with van der Waals surface area (Å²) in [7, 11) is 0. The molecule has 1 aromatic carbocycles. The van der Waals surface area contributed by atoms with Crippen molar-refractivity contribution in [2.45, 2.75) is 39.3 Å². The van der Waals surface area contributed by atoms with Crippen LogP contribution in [0.25, 0.3) is 0 Å². The fraction of sp³-hybridized carbons (Fsp3) is 0.571. The van der Waals surface area contributed by atoms with Gasteiger partial charge in [0.05, 0.1) is 17.2 Å². The molecule has 0 saturated carbocycles. The molecule has 7 nitrogen and oxygen atoms in total. The Labute approximate surface area is 124 Å². The van der Waals surface area contributed by atoms with E-state index in [1.54, 1.807) is 6.07 Å². The van der Waals surface area contributed by atoms with Crippen LogP contribution in [0.4, 0.5) is 11.4 Å². The molecule has 0 atom stereocenters. The van der Waals surface area contributed by atoms with Crippen LogP contribution in [0.3, 0.4) is 0 Å². The van der Waals surface area contributed by atoms with Gasteiger partial charge < -0.3 is 10.5 Å². The van der Waals surface area contributed by atoms with E-state index in [4.69, 9.17) is 5.84 Å². The Morgan fingerprint density at radius 3 is 2.57 bits per heavy atom. The van der Waals surface area contributed by atoms with Gasteiger partial charge in [-0.2, -0.15) is 0 Å². The molecule has 0 bridgehead atoms. The van der Waals surface area contributed by atoms with Crippen molar-refractivity contribution >= 4 is 11.4 Å². The average Bonchev–Trinajstić information content (AvgIpc) is 2.48. The summed E-state index contributed by atoms with van der Waals surface area (Å²) in [6.45, 7) is 5.27. The van der Waals surface area contributed by atoms with Crippen molar-refractivity contribution in [2.75, 3.05) is 18.6 Å². The third-order valence-corrected chi connectivity index (χ3v) is 3.67. The molecule has 4 N–H and O–H groups in total. The number of nitrogens with two attached hydrogens (primary N) is 1. The van der Waals surface area contributed by atoms with Gasteiger partial charge >= 0.3 is 0 Å². The molecule has 21 heavy (non-hydrogen) atoms. The summed E-state index contributed by atoms with van der Waals surface area (Å²) in [6, 6.07) is 4.88. The molecular formula is C14H24N4O3. The Hall–Kier alpha value is -1.70. The molecule has 118 valence electrons. The number of nitro groups is 1. The van der Waals surface area contributed by atoms with E-state index in [1.165, 1.54) is 12.1 Å². The monoisotopic (exact) mass is 296 g/mol. The normalized spacial score (nSPS) is 11.1. The third-order valence-electron chi connectivity index (χ3n) is 3.67. The lowest BCUT2D eigenvalue weighted by Gasteiger charge is -2.30. The van der Waals surface area contributed by atoms with Crippen molar-refractivity contribution in [1.29, 1.82) is 0 Å². The van der Waals surface area contributed by atoms with Crippen molar-refractivity contribution in [1.82, 2.24) is 4.90 Å². The molecule has 0 radical (unpaired) electrons. The second kappa shape index (κ2) is 8.56. The van der Waals surface area contributed by atoms with Crippen LogP contribution in [0.5, 0.6) is 0 Å². The minimum absolute atomic E-state index is 0.0393. The number of aliphatic hydroxyl groups is 1. The smallest absolute Gasteiger partial charge is 0.269 e. The first-order valence-electron chi connectivity index (χ1n) is 7.16. The fourth-order valence-electron chi connectivity index (χ4n) is 2.51. The minimum Gasteiger partial charge on any atom is -0.395 e. The number of anilines is 1. The summed E-state index contributed by atoms with van der Waals surface area (Å²) in [6.07, 6.45) is 1.91. The van der Waals surface area contributed by atoms with Crippen LogP contribution in [-0.2, 0) is 6.54 Å². The number of non-ortho nitro benzene ring substituents is 1. The molecule has 0 aliphatic carbocycles. The van der Waals surface area contributed by atoms with Gasteiger partial charge in [0.15, 0.2) is 0 Å². The summed E-state index contributed by atoms with van der Waals surface area (Å²) >= 11 is 0. The van der Waals surface area contributed by atoms with Crippen LogP contribution in [-0.4, -0.2) is 34.1 Å². The number of benzene rings is 1. The largest absolute Gasteiger partial charge is 0.395 e. The van der Waals surface area contributed by atoms with E-state index in [-0.39, 0.29) is 12.3 Å². The molecule has 1 rings (SSSR count). The molecule has 0 fully saturated rings. The first-order valence-corrected chi connectivity index (χ1v) is 7.16. The summed E-state index contributed by atoms with van der Waals surface area (Å²) in [5, 5.41) is 20.1. The second-order valence-corrected chi connectivity index (χ2v) is 4.91. The Bertz CT molecular complexity index is 464. The molecule has 0 saturated heterocycles. The molecule has 0 unspecified atom stereocenters. The van der Waals surface area contributed by atoms with Gasteiger partial charge in [-0.25, -0.2) is 0 Å². The van der Waals surface area contributed by atoms with Crippen molar-refractivity contribution in [3.63, 3.8) is 0 Å². The number of nitrogen functional groups attached to an aromatic ring is 1.